The van der Waals surface area contributed by atoms with Gasteiger partial charge in [-0.25, -0.2) is 22.8 Å². The highest BCUT2D eigenvalue weighted by molar-refractivity contribution is 5.99. The summed E-state index contributed by atoms with van der Waals surface area (Å²) in [4.78, 5) is 22.1. The largest absolute Gasteiger partial charge is 0.478 e. The van der Waals surface area contributed by atoms with E-state index in [1.807, 2.05) is 0 Å². The van der Waals surface area contributed by atoms with Crippen LogP contribution in [-0.2, 0) is 0 Å². The number of hydrogen-bond donors (Lipinski definition) is 3. The molecule has 0 unspecified atom stereocenters. The smallest absolute Gasteiger partial charge is 0.337 e. The molecule has 0 saturated carbocycles. The lowest BCUT2D eigenvalue weighted by molar-refractivity contribution is -0.123. The van der Waals surface area contributed by atoms with Gasteiger partial charge in [0.15, 0.2) is 0 Å². The summed E-state index contributed by atoms with van der Waals surface area (Å²) in [5.41, 5.74) is -0.993. The van der Waals surface area contributed by atoms with Gasteiger partial charge in [0.05, 0.1) is 17.8 Å². The number of aromatic carboxylic acids is 1. The zero-order valence-electron chi connectivity index (χ0n) is 10.2. The Labute approximate surface area is 114 Å². The van der Waals surface area contributed by atoms with Crippen LogP contribution in [0.4, 0.5) is 32.4 Å². The number of nitrogens with one attached hydrogen (secondary N) is 2. The van der Waals surface area contributed by atoms with Gasteiger partial charge in [-0.1, -0.05) is 0 Å². The van der Waals surface area contributed by atoms with Crippen molar-refractivity contribution in [3.05, 3.63) is 29.6 Å². The van der Waals surface area contributed by atoms with Crippen LogP contribution < -0.4 is 10.6 Å². The minimum atomic E-state index is -4.44. The molecule has 0 heterocycles. The summed E-state index contributed by atoms with van der Waals surface area (Å²) in [7, 11) is 0. The molecular formula is C11H9F5N2O3. The van der Waals surface area contributed by atoms with E-state index in [1.54, 1.807) is 5.32 Å². The van der Waals surface area contributed by atoms with E-state index >= 15 is 0 Å². The van der Waals surface area contributed by atoms with Crippen molar-refractivity contribution in [3.63, 3.8) is 0 Å². The maximum Gasteiger partial charge on any atom is 0.337 e. The monoisotopic (exact) mass is 312 g/mol. The van der Waals surface area contributed by atoms with Crippen LogP contribution in [0.1, 0.15) is 10.4 Å². The van der Waals surface area contributed by atoms with E-state index in [-0.39, 0.29) is 0 Å². The Bertz CT molecular complexity index is 551. The lowest BCUT2D eigenvalue weighted by atomic mass is 10.2. The van der Waals surface area contributed by atoms with Gasteiger partial charge in [0.2, 0.25) is 0 Å². The Morgan fingerprint density at radius 2 is 1.90 bits per heavy atom. The fraction of sp³-hybridized carbons (Fsp3) is 0.273. The third-order valence-corrected chi connectivity index (χ3v) is 2.26. The normalized spacial score (nSPS) is 11.3. The number of carbonyl (C=O) groups is 2. The molecule has 116 valence electrons. The standard InChI is InChI=1S/C11H9F5N2O3/c12-5-1-2-6(8(19)20)7(3-5)18-10(21)17-4-11(15,16)9(13)14/h1-3,9H,4H2,(H,19,20)(H2,17,18,21). The van der Waals surface area contributed by atoms with E-state index in [2.05, 4.69) is 0 Å². The predicted molar refractivity (Wildman–Crippen MR) is 61.3 cm³/mol. The van der Waals surface area contributed by atoms with E-state index < -0.39 is 48.0 Å². The first-order valence-electron chi connectivity index (χ1n) is 5.37. The fourth-order valence-corrected chi connectivity index (χ4v) is 1.25. The van der Waals surface area contributed by atoms with E-state index in [0.717, 1.165) is 12.1 Å². The molecule has 0 radical (unpaired) electrons. The summed E-state index contributed by atoms with van der Waals surface area (Å²) in [6.07, 6.45) is -3.97. The van der Waals surface area contributed by atoms with Crippen molar-refractivity contribution >= 4 is 17.7 Å². The Hall–Kier alpha value is -2.39. The van der Waals surface area contributed by atoms with Crippen molar-refractivity contribution in [1.82, 2.24) is 5.32 Å². The molecule has 0 atom stereocenters. The van der Waals surface area contributed by atoms with Crippen LogP contribution in [0.5, 0.6) is 0 Å². The number of benzene rings is 1. The van der Waals surface area contributed by atoms with Crippen molar-refractivity contribution in [2.75, 3.05) is 11.9 Å². The summed E-state index contributed by atoms with van der Waals surface area (Å²) in [5.74, 6) is -6.81. The fourth-order valence-electron chi connectivity index (χ4n) is 1.25. The molecule has 0 aliphatic carbocycles. The third-order valence-electron chi connectivity index (χ3n) is 2.26. The zero-order valence-corrected chi connectivity index (χ0v) is 10.2. The van der Waals surface area contributed by atoms with Crippen LogP contribution in [0.3, 0.4) is 0 Å². The number of halogens is 5. The highest BCUT2D eigenvalue weighted by Crippen LogP contribution is 2.22. The quantitative estimate of drug-likeness (QED) is 0.731. The molecule has 0 aliphatic heterocycles. The molecule has 0 aromatic heterocycles. The number of carboxylic acids is 1. The van der Waals surface area contributed by atoms with E-state index in [9.17, 15) is 31.5 Å². The number of urea groups is 1. The molecule has 1 rings (SSSR count). The summed E-state index contributed by atoms with van der Waals surface area (Å²) in [6, 6.07) is 0.940. The van der Waals surface area contributed by atoms with E-state index in [1.165, 1.54) is 5.32 Å². The average molecular weight is 312 g/mol. The van der Waals surface area contributed by atoms with Gasteiger partial charge in [-0.3, -0.25) is 0 Å². The van der Waals surface area contributed by atoms with Gasteiger partial charge in [-0.2, -0.15) is 8.78 Å². The van der Waals surface area contributed by atoms with Crippen molar-refractivity contribution in [1.29, 1.82) is 0 Å². The van der Waals surface area contributed by atoms with Crippen molar-refractivity contribution in [3.8, 4) is 0 Å². The molecule has 1 aromatic carbocycles. The minimum absolute atomic E-state index is 0.493. The first-order chi connectivity index (χ1) is 9.63. The first-order valence-corrected chi connectivity index (χ1v) is 5.37. The number of rotatable bonds is 5. The molecule has 0 spiro atoms. The Morgan fingerprint density at radius 3 is 2.43 bits per heavy atom. The highest BCUT2D eigenvalue weighted by atomic mass is 19.3. The van der Waals surface area contributed by atoms with Gasteiger partial charge in [-0.15, -0.1) is 0 Å². The predicted octanol–water partition coefficient (Wildman–Crippen LogP) is 2.55. The minimum Gasteiger partial charge on any atom is -0.478 e. The Kier molecular flexibility index (Phi) is 5.06. The van der Waals surface area contributed by atoms with Gasteiger partial charge in [0.1, 0.15) is 5.82 Å². The van der Waals surface area contributed by atoms with E-state index in [4.69, 9.17) is 5.11 Å². The topological polar surface area (TPSA) is 78.4 Å². The molecule has 0 fully saturated rings. The molecule has 21 heavy (non-hydrogen) atoms. The average Bonchev–Trinajstić information content (AvgIpc) is 2.36. The van der Waals surface area contributed by atoms with Crippen molar-refractivity contribution in [2.45, 2.75) is 12.3 Å². The third kappa shape index (κ3) is 4.58. The van der Waals surface area contributed by atoms with Crippen LogP contribution in [0, 0.1) is 5.82 Å². The molecule has 1 aromatic rings. The van der Waals surface area contributed by atoms with Crippen LogP contribution in [0.15, 0.2) is 18.2 Å². The molecule has 0 bridgehead atoms. The van der Waals surface area contributed by atoms with E-state index in [0.29, 0.717) is 6.07 Å². The highest BCUT2D eigenvalue weighted by Gasteiger charge is 2.40. The van der Waals surface area contributed by atoms with Crippen LogP contribution in [0.2, 0.25) is 0 Å². The Balaban J connectivity index is 2.76. The number of hydrogen-bond acceptors (Lipinski definition) is 2. The molecule has 0 saturated heterocycles. The van der Waals surface area contributed by atoms with Gasteiger partial charge in [0.25, 0.3) is 0 Å². The van der Waals surface area contributed by atoms with Gasteiger partial charge in [-0.05, 0) is 18.2 Å². The number of alkyl halides is 4. The number of carboxylic acid groups (broad SMARTS) is 1. The van der Waals surface area contributed by atoms with Crippen LogP contribution in [0.25, 0.3) is 0 Å². The van der Waals surface area contributed by atoms with Gasteiger partial charge >= 0.3 is 24.3 Å². The van der Waals surface area contributed by atoms with Crippen molar-refractivity contribution < 1.29 is 36.6 Å². The maximum atomic E-state index is 13.0. The van der Waals surface area contributed by atoms with Crippen LogP contribution in [-0.4, -0.2) is 36.0 Å². The first kappa shape index (κ1) is 16.7. The van der Waals surface area contributed by atoms with Crippen molar-refractivity contribution in [2.24, 2.45) is 0 Å². The molecule has 2 amide bonds. The lowest BCUT2D eigenvalue weighted by Crippen LogP contribution is -2.43. The second-order valence-electron chi connectivity index (χ2n) is 3.86. The number of carbonyl (C=O) groups excluding carboxylic acids is 1. The summed E-state index contributed by atoms with van der Waals surface area (Å²) >= 11 is 0. The number of amides is 2. The van der Waals surface area contributed by atoms with Gasteiger partial charge < -0.3 is 15.7 Å². The molecule has 3 N–H and O–H groups in total. The zero-order chi connectivity index (χ0) is 16.2. The molecule has 0 aliphatic rings. The lowest BCUT2D eigenvalue weighted by Gasteiger charge is -2.16. The summed E-state index contributed by atoms with van der Waals surface area (Å²) < 4.78 is 61.8. The van der Waals surface area contributed by atoms with Crippen LogP contribution >= 0.6 is 0 Å². The van der Waals surface area contributed by atoms with Gasteiger partial charge in [0, 0.05) is 0 Å². The summed E-state index contributed by atoms with van der Waals surface area (Å²) in [6.45, 7) is -1.66. The molecular weight excluding hydrogens is 303 g/mol. The maximum absolute atomic E-state index is 13.0. The summed E-state index contributed by atoms with van der Waals surface area (Å²) in [5, 5.41) is 12.0. The number of anilines is 1. The second kappa shape index (κ2) is 6.37. The SMILES string of the molecule is O=C(NCC(F)(F)C(F)F)Nc1cc(F)ccc1C(=O)O. The second-order valence-corrected chi connectivity index (χ2v) is 3.86. The molecule has 5 nitrogen and oxygen atoms in total. The Morgan fingerprint density at radius 1 is 1.29 bits per heavy atom. The molecule has 10 heteroatoms.